The molecular formula is C11H17N. The summed E-state index contributed by atoms with van der Waals surface area (Å²) in [4.78, 5) is 4.02. The van der Waals surface area contributed by atoms with Crippen molar-refractivity contribution >= 4 is 0 Å². The molecule has 1 rings (SSSR count). The van der Waals surface area contributed by atoms with E-state index in [-0.39, 0.29) is 0 Å². The van der Waals surface area contributed by atoms with Gasteiger partial charge in [-0.25, -0.2) is 0 Å². The number of hydrogen-bond acceptors (Lipinski definition) is 1. The smallest absolute Gasteiger partial charge is 0.0270 e. The largest absolute Gasteiger partial charge is 0.265 e. The van der Waals surface area contributed by atoms with Crippen LogP contribution in [0, 0.1) is 5.92 Å². The van der Waals surface area contributed by atoms with Crippen LogP contribution in [-0.2, 0) is 0 Å². The monoisotopic (exact) mass is 163 g/mol. The van der Waals surface area contributed by atoms with Crippen LogP contribution in [0.1, 0.15) is 38.7 Å². The Morgan fingerprint density at radius 1 is 1.25 bits per heavy atom. The van der Waals surface area contributed by atoms with Gasteiger partial charge >= 0.3 is 0 Å². The summed E-state index contributed by atoms with van der Waals surface area (Å²) in [5, 5.41) is 0. The van der Waals surface area contributed by atoms with Crippen LogP contribution in [0.5, 0.6) is 0 Å². The molecule has 0 radical (unpaired) electrons. The molecule has 1 aromatic rings. The van der Waals surface area contributed by atoms with Gasteiger partial charge in [-0.05, 0) is 36.0 Å². The Morgan fingerprint density at radius 2 is 1.83 bits per heavy atom. The molecule has 1 aromatic heterocycles. The molecule has 0 aromatic carbocycles. The summed E-state index contributed by atoms with van der Waals surface area (Å²) in [7, 11) is 0. The summed E-state index contributed by atoms with van der Waals surface area (Å²) in [5.41, 5.74) is 1.42. The van der Waals surface area contributed by atoms with E-state index in [4.69, 9.17) is 0 Å². The predicted molar refractivity (Wildman–Crippen MR) is 52.1 cm³/mol. The Kier molecular flexibility index (Phi) is 3.27. The molecule has 0 aliphatic rings. The molecule has 1 heteroatoms. The van der Waals surface area contributed by atoms with Gasteiger partial charge in [0.25, 0.3) is 0 Å². The first kappa shape index (κ1) is 9.24. The minimum Gasteiger partial charge on any atom is -0.265 e. The molecule has 1 heterocycles. The molecule has 0 spiro atoms. The van der Waals surface area contributed by atoms with E-state index in [0.717, 1.165) is 5.92 Å². The topological polar surface area (TPSA) is 12.9 Å². The number of rotatable bonds is 3. The first-order valence-corrected chi connectivity index (χ1v) is 4.65. The first-order valence-electron chi connectivity index (χ1n) is 4.65. The van der Waals surface area contributed by atoms with E-state index in [1.54, 1.807) is 0 Å². The Hall–Kier alpha value is -0.850. The summed E-state index contributed by atoms with van der Waals surface area (Å²) in [6.07, 6.45) is 4.96. The van der Waals surface area contributed by atoms with Crippen molar-refractivity contribution in [3.8, 4) is 0 Å². The second-order valence-corrected chi connectivity index (χ2v) is 3.54. The normalized spacial score (nSPS) is 13.3. The molecule has 1 nitrogen and oxygen atoms in total. The van der Waals surface area contributed by atoms with Gasteiger partial charge in [0.15, 0.2) is 0 Å². The van der Waals surface area contributed by atoms with Gasteiger partial charge in [-0.2, -0.15) is 0 Å². The third kappa shape index (κ3) is 2.07. The van der Waals surface area contributed by atoms with Crippen LogP contribution in [0.4, 0.5) is 0 Å². The van der Waals surface area contributed by atoms with Gasteiger partial charge in [0, 0.05) is 12.4 Å². The van der Waals surface area contributed by atoms with Gasteiger partial charge in [-0.1, -0.05) is 20.8 Å². The third-order valence-electron chi connectivity index (χ3n) is 2.38. The molecule has 0 fully saturated rings. The molecule has 0 aliphatic carbocycles. The maximum Gasteiger partial charge on any atom is 0.0270 e. The van der Waals surface area contributed by atoms with E-state index >= 15 is 0 Å². The van der Waals surface area contributed by atoms with Crippen molar-refractivity contribution in [3.05, 3.63) is 30.1 Å². The number of aromatic nitrogens is 1. The zero-order valence-corrected chi connectivity index (χ0v) is 8.12. The maximum atomic E-state index is 4.02. The molecule has 0 amide bonds. The van der Waals surface area contributed by atoms with Crippen LogP contribution in [0.2, 0.25) is 0 Å². The lowest BCUT2D eigenvalue weighted by Gasteiger charge is -2.18. The third-order valence-corrected chi connectivity index (χ3v) is 2.38. The van der Waals surface area contributed by atoms with Crippen molar-refractivity contribution in [2.24, 2.45) is 5.92 Å². The second kappa shape index (κ2) is 4.24. The zero-order chi connectivity index (χ0) is 8.97. The van der Waals surface area contributed by atoms with E-state index in [0.29, 0.717) is 5.92 Å². The molecule has 0 aliphatic heterocycles. The summed E-state index contributed by atoms with van der Waals surface area (Å²) in [6, 6.07) is 4.24. The van der Waals surface area contributed by atoms with E-state index < -0.39 is 0 Å². The highest BCUT2D eigenvalue weighted by Crippen LogP contribution is 2.26. The van der Waals surface area contributed by atoms with Gasteiger partial charge < -0.3 is 0 Å². The fourth-order valence-corrected chi connectivity index (χ4v) is 1.70. The van der Waals surface area contributed by atoms with Gasteiger partial charge in [-0.3, -0.25) is 4.98 Å². The highest BCUT2D eigenvalue weighted by molar-refractivity contribution is 5.15. The highest BCUT2D eigenvalue weighted by Gasteiger charge is 2.12. The van der Waals surface area contributed by atoms with Gasteiger partial charge in [0.1, 0.15) is 0 Å². The molecule has 0 bridgehead atoms. The van der Waals surface area contributed by atoms with E-state index in [1.165, 1.54) is 12.0 Å². The van der Waals surface area contributed by atoms with E-state index in [9.17, 15) is 0 Å². The average Bonchev–Trinajstić information content (AvgIpc) is 2.07. The lowest BCUT2D eigenvalue weighted by Crippen LogP contribution is -2.05. The summed E-state index contributed by atoms with van der Waals surface area (Å²) >= 11 is 0. The van der Waals surface area contributed by atoms with Gasteiger partial charge in [0.05, 0.1) is 0 Å². The van der Waals surface area contributed by atoms with Crippen molar-refractivity contribution in [3.63, 3.8) is 0 Å². The first-order chi connectivity index (χ1) is 5.75. The highest BCUT2D eigenvalue weighted by atomic mass is 14.6. The summed E-state index contributed by atoms with van der Waals surface area (Å²) in [5.74, 6) is 1.41. The average molecular weight is 163 g/mol. The Labute approximate surface area is 74.8 Å². The van der Waals surface area contributed by atoms with E-state index in [1.807, 2.05) is 12.4 Å². The molecule has 1 atom stereocenters. The molecule has 0 saturated heterocycles. The molecule has 66 valence electrons. The molecule has 0 N–H and O–H groups in total. The SMILES string of the molecule is CCC(c1ccncc1)C(C)C. The van der Waals surface area contributed by atoms with Crippen molar-refractivity contribution in [2.45, 2.75) is 33.1 Å². The van der Waals surface area contributed by atoms with Crippen LogP contribution in [0.25, 0.3) is 0 Å². The minimum absolute atomic E-state index is 0.688. The standard InChI is InChI=1S/C11H17N/c1-4-11(9(2)3)10-5-7-12-8-6-10/h5-9,11H,4H2,1-3H3. The number of hydrogen-bond donors (Lipinski definition) is 0. The van der Waals surface area contributed by atoms with Crippen molar-refractivity contribution < 1.29 is 0 Å². The summed E-state index contributed by atoms with van der Waals surface area (Å²) < 4.78 is 0. The number of nitrogens with zero attached hydrogens (tertiary/aromatic N) is 1. The quantitative estimate of drug-likeness (QED) is 0.666. The van der Waals surface area contributed by atoms with Crippen LogP contribution in [0.3, 0.4) is 0 Å². The van der Waals surface area contributed by atoms with Gasteiger partial charge in [0.2, 0.25) is 0 Å². The maximum absolute atomic E-state index is 4.02. The fourth-order valence-electron chi connectivity index (χ4n) is 1.70. The Morgan fingerprint density at radius 3 is 2.25 bits per heavy atom. The molecule has 1 unspecified atom stereocenters. The van der Waals surface area contributed by atoms with Gasteiger partial charge in [-0.15, -0.1) is 0 Å². The molecule has 12 heavy (non-hydrogen) atoms. The van der Waals surface area contributed by atoms with Crippen LogP contribution < -0.4 is 0 Å². The van der Waals surface area contributed by atoms with Crippen LogP contribution in [-0.4, -0.2) is 4.98 Å². The Bertz CT molecular complexity index is 216. The minimum atomic E-state index is 0.688. The van der Waals surface area contributed by atoms with Crippen molar-refractivity contribution in [2.75, 3.05) is 0 Å². The predicted octanol–water partition coefficient (Wildman–Crippen LogP) is 3.23. The lowest BCUT2D eigenvalue weighted by molar-refractivity contribution is 0.485. The van der Waals surface area contributed by atoms with Crippen molar-refractivity contribution in [1.82, 2.24) is 4.98 Å². The molecular weight excluding hydrogens is 146 g/mol. The van der Waals surface area contributed by atoms with E-state index in [2.05, 4.69) is 37.9 Å². The Balaban J connectivity index is 2.80. The number of pyridine rings is 1. The fraction of sp³-hybridized carbons (Fsp3) is 0.545. The summed E-state index contributed by atoms with van der Waals surface area (Å²) in [6.45, 7) is 6.79. The van der Waals surface area contributed by atoms with Crippen LogP contribution >= 0.6 is 0 Å². The second-order valence-electron chi connectivity index (χ2n) is 3.54. The zero-order valence-electron chi connectivity index (χ0n) is 8.12. The van der Waals surface area contributed by atoms with Crippen molar-refractivity contribution in [1.29, 1.82) is 0 Å². The van der Waals surface area contributed by atoms with Crippen LogP contribution in [0.15, 0.2) is 24.5 Å². The lowest BCUT2D eigenvalue weighted by atomic mass is 9.87. The molecule has 0 saturated carbocycles.